The molecule has 0 saturated carbocycles. The molecule has 3 aliphatic heterocycles. The van der Waals surface area contributed by atoms with Gasteiger partial charge in [0.25, 0.3) is 5.91 Å². The van der Waals surface area contributed by atoms with E-state index in [0.717, 1.165) is 28.8 Å². The Morgan fingerprint density at radius 3 is 2.67 bits per heavy atom. The Hall–Kier alpha value is -1.93. The summed E-state index contributed by atoms with van der Waals surface area (Å²) in [6.07, 6.45) is 2.35. The van der Waals surface area contributed by atoms with Crippen LogP contribution in [0.25, 0.3) is 22.6 Å². The van der Waals surface area contributed by atoms with Gasteiger partial charge in [-0.2, -0.15) is 0 Å². The van der Waals surface area contributed by atoms with Gasteiger partial charge < -0.3 is 14.6 Å². The molecule has 3 fully saturated rings. The molecule has 1 N–H and O–H groups in total. The number of carbonyl (C=O) groups is 1. The third-order valence-corrected chi connectivity index (χ3v) is 6.32. The number of hydrogen-bond donors (Lipinski definition) is 1. The van der Waals surface area contributed by atoms with Crippen LogP contribution in [0, 0.1) is 9.49 Å². The highest BCUT2D eigenvalue weighted by atomic mass is 127. The summed E-state index contributed by atoms with van der Waals surface area (Å²) >= 11 is 2.22. The van der Waals surface area contributed by atoms with Crippen molar-refractivity contribution in [3.63, 3.8) is 0 Å². The molecule has 6 heteroatoms. The number of benzene rings is 2. The molecule has 5 nitrogen and oxygen atoms in total. The van der Waals surface area contributed by atoms with Crippen molar-refractivity contribution in [3.05, 3.63) is 51.6 Å². The minimum absolute atomic E-state index is 0.0508. The van der Waals surface area contributed by atoms with Crippen LogP contribution in [0.2, 0.25) is 0 Å². The third-order valence-electron chi connectivity index (χ3n) is 5.70. The second-order valence-electron chi connectivity index (χ2n) is 7.40. The van der Waals surface area contributed by atoms with Crippen LogP contribution >= 0.6 is 22.6 Å². The number of nitrogens with zero attached hydrogens (tertiary/aromatic N) is 2. The van der Waals surface area contributed by atoms with E-state index in [1.54, 1.807) is 0 Å². The molecule has 6 rings (SSSR count). The maximum atomic E-state index is 13.1. The first-order valence-electron chi connectivity index (χ1n) is 9.36. The summed E-state index contributed by atoms with van der Waals surface area (Å²) in [6, 6.07) is 13.8. The van der Waals surface area contributed by atoms with Gasteiger partial charge in [-0.3, -0.25) is 4.79 Å². The highest BCUT2D eigenvalue weighted by molar-refractivity contribution is 14.1. The van der Waals surface area contributed by atoms with Crippen LogP contribution in [-0.4, -0.2) is 41.5 Å². The number of nitrogens with one attached hydrogen (secondary N) is 1. The van der Waals surface area contributed by atoms with E-state index in [9.17, 15) is 4.79 Å². The van der Waals surface area contributed by atoms with Crippen LogP contribution in [0.5, 0.6) is 0 Å². The van der Waals surface area contributed by atoms with Crippen molar-refractivity contribution in [2.45, 2.75) is 18.9 Å². The maximum Gasteiger partial charge on any atom is 0.253 e. The molecule has 4 heterocycles. The Morgan fingerprint density at radius 2 is 1.96 bits per heavy atom. The lowest BCUT2D eigenvalue weighted by Gasteiger charge is -2.44. The van der Waals surface area contributed by atoms with Gasteiger partial charge in [0.15, 0.2) is 5.58 Å². The molecule has 27 heavy (non-hydrogen) atoms. The van der Waals surface area contributed by atoms with E-state index in [1.807, 2.05) is 42.5 Å². The summed E-state index contributed by atoms with van der Waals surface area (Å²) in [5.41, 5.74) is 2.79. The summed E-state index contributed by atoms with van der Waals surface area (Å²) < 4.78 is 6.93. The zero-order valence-electron chi connectivity index (χ0n) is 14.8. The average Bonchev–Trinajstić information content (AvgIpc) is 3.13. The van der Waals surface area contributed by atoms with Gasteiger partial charge in [0.1, 0.15) is 5.52 Å². The Labute approximate surface area is 171 Å². The number of halogens is 1. The largest absolute Gasteiger partial charge is 0.436 e. The van der Waals surface area contributed by atoms with E-state index < -0.39 is 0 Å². The van der Waals surface area contributed by atoms with E-state index in [0.29, 0.717) is 28.5 Å². The lowest BCUT2D eigenvalue weighted by atomic mass is 9.84. The molecular formula is C21H20IN3O2. The second-order valence-corrected chi connectivity index (χ2v) is 8.65. The SMILES string of the molecule is O=C(NC1CN2CCC1CC2)c1cc(I)cc2oc(-c3ccccc3)nc12. The van der Waals surface area contributed by atoms with Crippen molar-refractivity contribution < 1.29 is 9.21 Å². The van der Waals surface area contributed by atoms with Crippen molar-refractivity contribution in [1.29, 1.82) is 0 Å². The predicted molar refractivity (Wildman–Crippen MR) is 113 cm³/mol. The number of oxazole rings is 1. The Kier molecular flexibility index (Phi) is 4.40. The van der Waals surface area contributed by atoms with E-state index in [4.69, 9.17) is 4.42 Å². The molecule has 2 bridgehead atoms. The number of piperidine rings is 3. The van der Waals surface area contributed by atoms with E-state index >= 15 is 0 Å². The number of aromatic nitrogens is 1. The molecule has 3 aromatic rings. The molecule has 3 aliphatic rings. The first kappa shape index (κ1) is 17.2. The molecule has 1 aromatic heterocycles. The van der Waals surface area contributed by atoms with E-state index in [-0.39, 0.29) is 11.9 Å². The monoisotopic (exact) mass is 473 g/mol. The summed E-state index contributed by atoms with van der Waals surface area (Å²) in [4.78, 5) is 20.2. The normalized spacial score (nSPS) is 24.3. The van der Waals surface area contributed by atoms with Crippen molar-refractivity contribution in [3.8, 4) is 11.5 Å². The number of amides is 1. The van der Waals surface area contributed by atoms with Gasteiger partial charge in [-0.15, -0.1) is 0 Å². The van der Waals surface area contributed by atoms with E-state index in [2.05, 4.69) is 37.8 Å². The Morgan fingerprint density at radius 1 is 1.19 bits per heavy atom. The molecule has 1 unspecified atom stereocenters. The zero-order valence-corrected chi connectivity index (χ0v) is 17.0. The summed E-state index contributed by atoms with van der Waals surface area (Å²) in [5.74, 6) is 1.09. The van der Waals surface area contributed by atoms with Crippen LogP contribution < -0.4 is 5.32 Å². The minimum Gasteiger partial charge on any atom is -0.436 e. The van der Waals surface area contributed by atoms with E-state index in [1.165, 1.54) is 12.8 Å². The van der Waals surface area contributed by atoms with Gasteiger partial charge in [-0.1, -0.05) is 18.2 Å². The van der Waals surface area contributed by atoms with Gasteiger partial charge in [0.2, 0.25) is 5.89 Å². The Bertz CT molecular complexity index is 993. The second kappa shape index (κ2) is 6.91. The van der Waals surface area contributed by atoms with Crippen LogP contribution in [0.1, 0.15) is 23.2 Å². The van der Waals surface area contributed by atoms with Gasteiger partial charge in [-0.05, 0) is 78.7 Å². The molecule has 0 aliphatic carbocycles. The quantitative estimate of drug-likeness (QED) is 0.586. The van der Waals surface area contributed by atoms with Crippen molar-refractivity contribution in [2.75, 3.05) is 19.6 Å². The van der Waals surface area contributed by atoms with Crippen LogP contribution in [-0.2, 0) is 0 Å². The summed E-state index contributed by atoms with van der Waals surface area (Å²) in [6.45, 7) is 3.28. The van der Waals surface area contributed by atoms with Gasteiger partial charge in [-0.25, -0.2) is 4.98 Å². The third kappa shape index (κ3) is 3.25. The van der Waals surface area contributed by atoms with Crippen LogP contribution in [0.15, 0.2) is 46.9 Å². The van der Waals surface area contributed by atoms with Gasteiger partial charge >= 0.3 is 0 Å². The molecule has 138 valence electrons. The molecule has 0 radical (unpaired) electrons. The fraction of sp³-hybridized carbons (Fsp3) is 0.333. The maximum absolute atomic E-state index is 13.1. The van der Waals surface area contributed by atoms with Gasteiger partial charge in [0, 0.05) is 21.7 Å². The first-order chi connectivity index (χ1) is 13.2. The van der Waals surface area contributed by atoms with Crippen LogP contribution in [0.4, 0.5) is 0 Å². The first-order valence-corrected chi connectivity index (χ1v) is 10.4. The highest BCUT2D eigenvalue weighted by Gasteiger charge is 2.35. The topological polar surface area (TPSA) is 58.4 Å². The summed E-state index contributed by atoms with van der Waals surface area (Å²) in [7, 11) is 0. The highest BCUT2D eigenvalue weighted by Crippen LogP contribution is 2.30. The number of rotatable bonds is 3. The van der Waals surface area contributed by atoms with Crippen molar-refractivity contribution in [1.82, 2.24) is 15.2 Å². The Balaban J connectivity index is 1.48. The molecular weight excluding hydrogens is 453 g/mol. The average molecular weight is 473 g/mol. The van der Waals surface area contributed by atoms with Gasteiger partial charge in [0.05, 0.1) is 5.56 Å². The fourth-order valence-electron chi connectivity index (χ4n) is 4.25. The molecule has 1 atom stereocenters. The number of hydrogen-bond acceptors (Lipinski definition) is 4. The smallest absolute Gasteiger partial charge is 0.253 e. The lowest BCUT2D eigenvalue weighted by Crippen LogP contribution is -2.57. The zero-order chi connectivity index (χ0) is 18.4. The molecule has 2 aromatic carbocycles. The number of fused-ring (bicyclic) bond motifs is 4. The molecule has 3 saturated heterocycles. The van der Waals surface area contributed by atoms with Crippen molar-refractivity contribution in [2.24, 2.45) is 5.92 Å². The minimum atomic E-state index is -0.0508. The number of carbonyl (C=O) groups excluding carboxylic acids is 1. The standard InChI is InChI=1S/C21H20IN3O2/c22-15-10-16(20(26)23-17-12-25-8-6-13(17)7-9-25)19-18(11-15)27-21(24-19)14-4-2-1-3-5-14/h1-5,10-11,13,17H,6-9,12H2,(H,23,26). The van der Waals surface area contributed by atoms with Crippen molar-refractivity contribution >= 4 is 39.6 Å². The summed E-state index contributed by atoms with van der Waals surface area (Å²) in [5, 5.41) is 3.27. The molecule has 1 amide bonds. The lowest BCUT2D eigenvalue weighted by molar-refractivity contribution is 0.0621. The van der Waals surface area contributed by atoms with Crippen LogP contribution in [0.3, 0.4) is 0 Å². The fourth-order valence-corrected chi connectivity index (χ4v) is 4.84. The molecule has 0 spiro atoms. The predicted octanol–water partition coefficient (Wildman–Crippen LogP) is 3.92.